The fourth-order valence-electron chi connectivity index (χ4n) is 4.26. The Morgan fingerprint density at radius 2 is 1.73 bits per heavy atom. The third-order valence-electron chi connectivity index (χ3n) is 6.21. The normalized spacial score (nSPS) is 21.5. The molecule has 1 aromatic carbocycles. The number of anilines is 1. The smallest absolute Gasteiger partial charge is 0.238 e. The molecule has 4 nitrogen and oxygen atoms in total. The molecule has 144 valence electrons. The summed E-state index contributed by atoms with van der Waals surface area (Å²) in [7, 11) is 0. The van der Waals surface area contributed by atoms with Crippen LogP contribution < -0.4 is 5.32 Å². The molecular weight excluding hydrogens is 322 g/mol. The van der Waals surface area contributed by atoms with Crippen LogP contribution in [0.25, 0.3) is 0 Å². The van der Waals surface area contributed by atoms with Crippen LogP contribution in [0.1, 0.15) is 63.9 Å². The van der Waals surface area contributed by atoms with Gasteiger partial charge in [-0.3, -0.25) is 9.69 Å². The van der Waals surface area contributed by atoms with Gasteiger partial charge in [-0.05, 0) is 68.8 Å². The molecule has 3 rings (SSSR count). The van der Waals surface area contributed by atoms with Crippen molar-refractivity contribution in [2.45, 2.75) is 64.3 Å². The summed E-state index contributed by atoms with van der Waals surface area (Å²) in [6, 6.07) is 9.06. The zero-order chi connectivity index (χ0) is 18.4. The van der Waals surface area contributed by atoms with E-state index in [1.807, 2.05) is 12.1 Å². The predicted molar refractivity (Wildman–Crippen MR) is 109 cm³/mol. The zero-order valence-electron chi connectivity index (χ0n) is 16.5. The molecule has 0 aromatic heterocycles. The molecule has 1 atom stereocenters. The molecule has 4 heteroatoms. The minimum Gasteiger partial charge on any atom is -0.325 e. The van der Waals surface area contributed by atoms with Gasteiger partial charge in [-0.1, -0.05) is 32.4 Å². The summed E-state index contributed by atoms with van der Waals surface area (Å²) in [5.74, 6) is 0.679. The van der Waals surface area contributed by atoms with E-state index in [1.54, 1.807) is 0 Å². The van der Waals surface area contributed by atoms with Gasteiger partial charge in [-0.25, -0.2) is 0 Å². The summed E-state index contributed by atoms with van der Waals surface area (Å²) in [6.07, 6.45) is 7.66. The molecule has 2 fully saturated rings. The lowest BCUT2D eigenvalue weighted by Gasteiger charge is -2.40. The average Bonchev–Trinajstić information content (AvgIpc) is 2.69. The van der Waals surface area contributed by atoms with Gasteiger partial charge in [0, 0.05) is 24.8 Å². The number of carbonyl (C=O) groups is 1. The van der Waals surface area contributed by atoms with Crippen LogP contribution in [0.5, 0.6) is 0 Å². The Balaban J connectivity index is 1.41. The van der Waals surface area contributed by atoms with Gasteiger partial charge in [0.05, 0.1) is 6.54 Å². The lowest BCUT2D eigenvalue weighted by atomic mass is 9.98. The van der Waals surface area contributed by atoms with Crippen molar-refractivity contribution < 1.29 is 4.79 Å². The van der Waals surface area contributed by atoms with E-state index in [2.05, 4.69) is 41.1 Å². The van der Waals surface area contributed by atoms with Gasteiger partial charge >= 0.3 is 0 Å². The first-order valence-corrected chi connectivity index (χ1v) is 10.5. The summed E-state index contributed by atoms with van der Waals surface area (Å²) < 4.78 is 0. The molecule has 0 spiro atoms. The van der Waals surface area contributed by atoms with Crippen LogP contribution in [0.3, 0.4) is 0 Å². The van der Waals surface area contributed by atoms with Crippen molar-refractivity contribution in [2.24, 2.45) is 0 Å². The molecule has 0 radical (unpaired) electrons. The fraction of sp³-hybridized carbons (Fsp3) is 0.682. The highest BCUT2D eigenvalue weighted by atomic mass is 16.2. The Morgan fingerprint density at radius 1 is 1.08 bits per heavy atom. The number of nitrogens with one attached hydrogen (secondary N) is 1. The number of nitrogens with zero attached hydrogens (tertiary/aromatic N) is 2. The molecule has 26 heavy (non-hydrogen) atoms. The first-order valence-electron chi connectivity index (χ1n) is 10.5. The second-order valence-corrected chi connectivity index (χ2v) is 8.08. The molecule has 2 heterocycles. The number of benzene rings is 1. The minimum atomic E-state index is 0.109. The maximum Gasteiger partial charge on any atom is 0.238 e. The standard InChI is InChI=1S/C22H35N3O/c1-3-18(2)19-7-9-20(10-8-19)23-22(26)17-24-15-11-21(12-16-24)25-13-5-4-6-14-25/h7-10,18,21H,3-6,11-17H2,1-2H3,(H,23,26)/t18-/m1/s1. The highest BCUT2D eigenvalue weighted by molar-refractivity contribution is 5.92. The van der Waals surface area contributed by atoms with Crippen LogP contribution in [-0.2, 0) is 4.79 Å². The maximum absolute atomic E-state index is 12.4. The van der Waals surface area contributed by atoms with Crippen molar-refractivity contribution in [2.75, 3.05) is 38.0 Å². The van der Waals surface area contributed by atoms with Crippen LogP contribution in [0.2, 0.25) is 0 Å². The first-order chi connectivity index (χ1) is 12.7. The van der Waals surface area contributed by atoms with Crippen molar-refractivity contribution >= 4 is 11.6 Å². The quantitative estimate of drug-likeness (QED) is 0.833. The number of hydrogen-bond donors (Lipinski definition) is 1. The number of hydrogen-bond acceptors (Lipinski definition) is 3. The van der Waals surface area contributed by atoms with E-state index in [0.29, 0.717) is 12.5 Å². The molecule has 2 aliphatic heterocycles. The number of likely N-dealkylation sites (tertiary alicyclic amines) is 2. The van der Waals surface area contributed by atoms with E-state index in [9.17, 15) is 4.79 Å². The molecule has 1 aromatic rings. The highest BCUT2D eigenvalue weighted by Gasteiger charge is 2.26. The Hall–Kier alpha value is -1.39. The molecule has 0 unspecified atom stereocenters. The molecule has 1 amide bonds. The van der Waals surface area contributed by atoms with E-state index in [1.165, 1.54) is 50.8 Å². The number of carbonyl (C=O) groups excluding carboxylic acids is 1. The van der Waals surface area contributed by atoms with E-state index in [0.717, 1.165) is 31.2 Å². The van der Waals surface area contributed by atoms with Crippen molar-refractivity contribution in [1.82, 2.24) is 9.80 Å². The topological polar surface area (TPSA) is 35.6 Å². The van der Waals surface area contributed by atoms with Gasteiger partial charge in [0.1, 0.15) is 0 Å². The van der Waals surface area contributed by atoms with Crippen molar-refractivity contribution in [1.29, 1.82) is 0 Å². The Morgan fingerprint density at radius 3 is 2.35 bits per heavy atom. The van der Waals surface area contributed by atoms with Gasteiger partial charge in [0.25, 0.3) is 0 Å². The van der Waals surface area contributed by atoms with Crippen molar-refractivity contribution in [3.8, 4) is 0 Å². The van der Waals surface area contributed by atoms with Crippen molar-refractivity contribution in [3.63, 3.8) is 0 Å². The Kier molecular flexibility index (Phi) is 7.09. The summed E-state index contributed by atoms with van der Waals surface area (Å²) in [4.78, 5) is 17.4. The molecule has 0 saturated carbocycles. The SMILES string of the molecule is CC[C@@H](C)c1ccc(NC(=O)CN2CCC(N3CCCCC3)CC2)cc1. The third-order valence-corrected chi connectivity index (χ3v) is 6.21. The monoisotopic (exact) mass is 357 g/mol. The number of piperidine rings is 2. The fourth-order valence-corrected chi connectivity index (χ4v) is 4.26. The van der Waals surface area contributed by atoms with E-state index < -0.39 is 0 Å². The highest BCUT2D eigenvalue weighted by Crippen LogP contribution is 2.22. The van der Waals surface area contributed by atoms with Crippen LogP contribution in [-0.4, -0.2) is 54.5 Å². The average molecular weight is 358 g/mol. The second-order valence-electron chi connectivity index (χ2n) is 8.08. The van der Waals surface area contributed by atoms with Crippen LogP contribution >= 0.6 is 0 Å². The Labute approximate surface area is 158 Å². The summed E-state index contributed by atoms with van der Waals surface area (Å²) in [5.41, 5.74) is 2.25. The first kappa shape index (κ1) is 19.4. The predicted octanol–water partition coefficient (Wildman–Crippen LogP) is 4.09. The second kappa shape index (κ2) is 9.52. The number of rotatable bonds is 6. The summed E-state index contributed by atoms with van der Waals surface area (Å²) in [5, 5.41) is 3.06. The molecule has 1 N–H and O–H groups in total. The van der Waals surface area contributed by atoms with E-state index in [-0.39, 0.29) is 5.91 Å². The number of amides is 1. The lowest BCUT2D eigenvalue weighted by molar-refractivity contribution is -0.117. The molecule has 0 aliphatic carbocycles. The third kappa shape index (κ3) is 5.31. The minimum absolute atomic E-state index is 0.109. The summed E-state index contributed by atoms with van der Waals surface area (Å²) in [6.45, 7) is 9.59. The van der Waals surface area contributed by atoms with Crippen molar-refractivity contribution in [3.05, 3.63) is 29.8 Å². The van der Waals surface area contributed by atoms with Crippen LogP contribution in [0, 0.1) is 0 Å². The van der Waals surface area contributed by atoms with E-state index in [4.69, 9.17) is 0 Å². The molecule has 0 bridgehead atoms. The zero-order valence-corrected chi connectivity index (χ0v) is 16.5. The van der Waals surface area contributed by atoms with E-state index >= 15 is 0 Å². The lowest BCUT2D eigenvalue weighted by Crippen LogP contribution is -2.48. The van der Waals surface area contributed by atoms with Gasteiger partial charge < -0.3 is 10.2 Å². The molecule has 2 aliphatic rings. The Bertz CT molecular complexity index is 557. The van der Waals surface area contributed by atoms with Gasteiger partial charge in [-0.2, -0.15) is 0 Å². The van der Waals surface area contributed by atoms with Crippen LogP contribution in [0.4, 0.5) is 5.69 Å². The maximum atomic E-state index is 12.4. The van der Waals surface area contributed by atoms with Gasteiger partial charge in [0.15, 0.2) is 0 Å². The van der Waals surface area contributed by atoms with Gasteiger partial charge in [0.2, 0.25) is 5.91 Å². The van der Waals surface area contributed by atoms with Gasteiger partial charge in [-0.15, -0.1) is 0 Å². The molecular formula is C22H35N3O. The molecule has 2 saturated heterocycles. The summed E-state index contributed by atoms with van der Waals surface area (Å²) >= 11 is 0. The largest absolute Gasteiger partial charge is 0.325 e. The van der Waals surface area contributed by atoms with Crippen LogP contribution in [0.15, 0.2) is 24.3 Å².